The van der Waals surface area contributed by atoms with Crippen LogP contribution >= 0.6 is 36.2 Å². The first-order valence-electron chi connectivity index (χ1n) is 8.18. The molecular formula is C18H25Cl2N3O2S. The van der Waals surface area contributed by atoms with Gasteiger partial charge in [0.05, 0.1) is 7.11 Å². The summed E-state index contributed by atoms with van der Waals surface area (Å²) in [7, 11) is 1.64. The van der Waals surface area contributed by atoms with Crippen molar-refractivity contribution in [2.45, 2.75) is 19.8 Å². The van der Waals surface area contributed by atoms with Gasteiger partial charge in [-0.15, -0.1) is 36.2 Å². The molecule has 0 aliphatic carbocycles. The van der Waals surface area contributed by atoms with Gasteiger partial charge < -0.3 is 15.4 Å². The van der Waals surface area contributed by atoms with E-state index >= 15 is 0 Å². The van der Waals surface area contributed by atoms with Crippen molar-refractivity contribution in [1.29, 1.82) is 0 Å². The second kappa shape index (κ2) is 10.1. The summed E-state index contributed by atoms with van der Waals surface area (Å²) in [5.41, 5.74) is 1.66. The number of thiazole rings is 1. The van der Waals surface area contributed by atoms with E-state index in [9.17, 15) is 4.79 Å². The Kier molecular flexibility index (Phi) is 8.83. The summed E-state index contributed by atoms with van der Waals surface area (Å²) in [4.78, 5) is 16.8. The molecular weight excluding hydrogens is 393 g/mol. The SMILES string of the molecule is COc1ccc(-c2nc(C(=O)NCC3(C)CCNCC3)cs2)cc1.Cl.Cl. The molecule has 3 rings (SSSR count). The van der Waals surface area contributed by atoms with Crippen LogP contribution in [0.1, 0.15) is 30.3 Å². The molecule has 1 aromatic heterocycles. The van der Waals surface area contributed by atoms with Crippen LogP contribution in [0.5, 0.6) is 5.75 Å². The molecule has 0 bridgehead atoms. The van der Waals surface area contributed by atoms with Gasteiger partial charge in [-0.3, -0.25) is 4.79 Å². The van der Waals surface area contributed by atoms with Gasteiger partial charge in [-0.1, -0.05) is 6.92 Å². The van der Waals surface area contributed by atoms with Crippen molar-refractivity contribution in [1.82, 2.24) is 15.6 Å². The molecule has 1 aromatic carbocycles. The molecule has 1 saturated heterocycles. The first kappa shape index (κ1) is 22.7. The van der Waals surface area contributed by atoms with Crippen LogP contribution in [-0.4, -0.2) is 37.6 Å². The second-order valence-electron chi connectivity index (χ2n) is 6.51. The average Bonchev–Trinajstić information content (AvgIpc) is 3.11. The maximum Gasteiger partial charge on any atom is 0.270 e. The minimum absolute atomic E-state index is 0. The third-order valence-electron chi connectivity index (χ3n) is 4.56. The molecule has 0 saturated carbocycles. The molecule has 0 spiro atoms. The summed E-state index contributed by atoms with van der Waals surface area (Å²) in [6, 6.07) is 7.70. The molecule has 2 heterocycles. The number of nitrogens with zero attached hydrogens (tertiary/aromatic N) is 1. The van der Waals surface area contributed by atoms with Gasteiger partial charge in [0, 0.05) is 17.5 Å². The van der Waals surface area contributed by atoms with Crippen molar-refractivity contribution in [2.24, 2.45) is 5.41 Å². The number of benzene rings is 1. The Labute approximate surface area is 170 Å². The van der Waals surface area contributed by atoms with Crippen LogP contribution in [0.4, 0.5) is 0 Å². The topological polar surface area (TPSA) is 63.2 Å². The van der Waals surface area contributed by atoms with Crippen LogP contribution in [0.25, 0.3) is 10.6 Å². The van der Waals surface area contributed by atoms with Crippen molar-refractivity contribution in [2.75, 3.05) is 26.7 Å². The number of carbonyl (C=O) groups is 1. The average molecular weight is 418 g/mol. The summed E-state index contributed by atoms with van der Waals surface area (Å²) < 4.78 is 5.16. The third kappa shape index (κ3) is 5.58. The fourth-order valence-electron chi connectivity index (χ4n) is 2.84. The highest BCUT2D eigenvalue weighted by atomic mass is 35.5. The minimum Gasteiger partial charge on any atom is -0.497 e. The summed E-state index contributed by atoms with van der Waals surface area (Å²) in [6.07, 6.45) is 2.17. The van der Waals surface area contributed by atoms with E-state index in [-0.39, 0.29) is 36.1 Å². The van der Waals surface area contributed by atoms with E-state index in [1.54, 1.807) is 7.11 Å². The number of hydrogen-bond acceptors (Lipinski definition) is 5. The quantitative estimate of drug-likeness (QED) is 0.776. The number of halogens is 2. The van der Waals surface area contributed by atoms with Gasteiger partial charge in [0.25, 0.3) is 5.91 Å². The monoisotopic (exact) mass is 417 g/mol. The molecule has 0 radical (unpaired) electrons. The number of rotatable bonds is 5. The van der Waals surface area contributed by atoms with Gasteiger partial charge in [0.15, 0.2) is 0 Å². The number of aromatic nitrogens is 1. The smallest absolute Gasteiger partial charge is 0.270 e. The molecule has 2 aromatic rings. The lowest BCUT2D eigenvalue weighted by molar-refractivity contribution is 0.0918. The zero-order valence-corrected chi connectivity index (χ0v) is 17.4. The Bertz CT molecular complexity index is 701. The highest BCUT2D eigenvalue weighted by Gasteiger charge is 2.27. The predicted octanol–water partition coefficient (Wildman–Crippen LogP) is 3.78. The highest BCUT2D eigenvalue weighted by molar-refractivity contribution is 7.13. The molecule has 5 nitrogen and oxygen atoms in total. The molecule has 8 heteroatoms. The zero-order chi connectivity index (χ0) is 17.0. The molecule has 0 atom stereocenters. The molecule has 0 unspecified atom stereocenters. The minimum atomic E-state index is -0.0919. The van der Waals surface area contributed by atoms with Crippen molar-refractivity contribution < 1.29 is 9.53 Å². The van der Waals surface area contributed by atoms with Gasteiger partial charge in [-0.05, 0) is 55.6 Å². The maximum atomic E-state index is 12.4. The molecule has 1 aliphatic rings. The number of hydrogen-bond donors (Lipinski definition) is 2. The highest BCUT2D eigenvalue weighted by Crippen LogP contribution is 2.28. The number of amides is 1. The molecule has 1 amide bonds. The predicted molar refractivity (Wildman–Crippen MR) is 111 cm³/mol. The largest absolute Gasteiger partial charge is 0.497 e. The third-order valence-corrected chi connectivity index (χ3v) is 5.45. The van der Waals surface area contributed by atoms with Crippen LogP contribution < -0.4 is 15.4 Å². The van der Waals surface area contributed by atoms with Gasteiger partial charge in [-0.2, -0.15) is 0 Å². The molecule has 1 aliphatic heterocycles. The van der Waals surface area contributed by atoms with Gasteiger partial charge in [-0.25, -0.2) is 4.98 Å². The lowest BCUT2D eigenvalue weighted by Crippen LogP contribution is -2.42. The Morgan fingerprint density at radius 1 is 1.27 bits per heavy atom. The van der Waals surface area contributed by atoms with Gasteiger partial charge in [0.1, 0.15) is 16.5 Å². The van der Waals surface area contributed by atoms with Crippen LogP contribution in [0, 0.1) is 5.41 Å². The normalized spacial score (nSPS) is 15.3. The molecule has 26 heavy (non-hydrogen) atoms. The maximum absolute atomic E-state index is 12.4. The lowest BCUT2D eigenvalue weighted by atomic mass is 9.81. The van der Waals surface area contributed by atoms with Crippen molar-refractivity contribution in [3.8, 4) is 16.3 Å². The van der Waals surface area contributed by atoms with Crippen molar-refractivity contribution >= 4 is 42.1 Å². The van der Waals surface area contributed by atoms with E-state index < -0.39 is 0 Å². The van der Waals surface area contributed by atoms with Crippen LogP contribution in [0.3, 0.4) is 0 Å². The fraction of sp³-hybridized carbons (Fsp3) is 0.444. The number of carbonyl (C=O) groups excluding carboxylic acids is 1. The van der Waals surface area contributed by atoms with E-state index in [2.05, 4.69) is 22.5 Å². The van der Waals surface area contributed by atoms with E-state index in [1.165, 1.54) is 11.3 Å². The standard InChI is InChI=1S/C18H23N3O2S.2ClH/c1-18(7-9-19-10-8-18)12-20-16(22)15-11-24-17(21-15)13-3-5-14(23-2)6-4-13;;/h3-6,11,19H,7-10,12H2,1-2H3,(H,20,22);2*1H. The second-order valence-corrected chi connectivity index (χ2v) is 7.37. The Morgan fingerprint density at radius 2 is 1.92 bits per heavy atom. The lowest BCUT2D eigenvalue weighted by Gasteiger charge is -2.34. The van der Waals surface area contributed by atoms with E-state index in [1.807, 2.05) is 29.6 Å². The van der Waals surface area contributed by atoms with E-state index in [4.69, 9.17) is 4.74 Å². The number of nitrogens with one attached hydrogen (secondary N) is 2. The fourth-order valence-corrected chi connectivity index (χ4v) is 3.64. The Morgan fingerprint density at radius 3 is 2.54 bits per heavy atom. The van der Waals surface area contributed by atoms with Crippen molar-refractivity contribution in [3.05, 3.63) is 35.3 Å². The van der Waals surface area contributed by atoms with E-state index in [0.29, 0.717) is 12.2 Å². The van der Waals surface area contributed by atoms with Gasteiger partial charge >= 0.3 is 0 Å². The molecule has 2 N–H and O–H groups in total. The summed E-state index contributed by atoms with van der Waals surface area (Å²) in [5, 5.41) is 9.07. The summed E-state index contributed by atoms with van der Waals surface area (Å²) in [6.45, 7) is 4.97. The van der Waals surface area contributed by atoms with Crippen molar-refractivity contribution in [3.63, 3.8) is 0 Å². The summed E-state index contributed by atoms with van der Waals surface area (Å²) >= 11 is 1.48. The first-order valence-corrected chi connectivity index (χ1v) is 9.06. The Balaban J connectivity index is 0.00000169. The van der Waals surface area contributed by atoms with Crippen LogP contribution in [-0.2, 0) is 0 Å². The van der Waals surface area contributed by atoms with E-state index in [0.717, 1.165) is 42.3 Å². The van der Waals surface area contributed by atoms with Crippen LogP contribution in [0.15, 0.2) is 29.6 Å². The summed E-state index contributed by atoms with van der Waals surface area (Å²) in [5.74, 6) is 0.717. The molecule has 1 fully saturated rings. The first-order chi connectivity index (χ1) is 11.6. The number of piperidine rings is 1. The number of ether oxygens (including phenoxy) is 1. The van der Waals surface area contributed by atoms with Gasteiger partial charge in [0.2, 0.25) is 0 Å². The van der Waals surface area contributed by atoms with Crippen LogP contribution in [0.2, 0.25) is 0 Å². The molecule has 144 valence electrons. The zero-order valence-electron chi connectivity index (χ0n) is 14.9. The Hall–Kier alpha value is -1.34. The number of methoxy groups -OCH3 is 1.